The minimum Gasteiger partial charge on any atom is -0.220 e. The van der Waals surface area contributed by atoms with E-state index >= 15 is 0 Å². The van der Waals surface area contributed by atoms with Gasteiger partial charge in [-0.15, -0.1) is 0 Å². The summed E-state index contributed by atoms with van der Waals surface area (Å²) in [5.74, 6) is -25.9. The molecule has 0 saturated heterocycles. The second kappa shape index (κ2) is 10.3. The number of hydrogen-bond donors (Lipinski definition) is 0. The van der Waals surface area contributed by atoms with E-state index in [2.05, 4.69) is 0 Å². The normalized spacial score (nSPS) is 16.5. The van der Waals surface area contributed by atoms with Crippen LogP contribution in [0, 0.1) is 0 Å². The van der Waals surface area contributed by atoms with E-state index in [9.17, 15) is 117 Å². The maximum absolute atomic E-state index is 13.7. The second-order valence-corrected chi connectivity index (χ2v) is 13.8. The van der Waals surface area contributed by atoms with Gasteiger partial charge in [0.25, 0.3) is 33.4 Å². The smallest absolute Gasteiger partial charge is 0.220 e. The van der Waals surface area contributed by atoms with Crippen molar-refractivity contribution in [2.45, 2.75) is 56.0 Å². The first kappa shape index (κ1) is 42.1. The Morgan fingerprint density at radius 3 is 0.537 bits per heavy atom. The number of halogens is 21. The second-order valence-electron chi connectivity index (χ2n) is 6.69. The first-order chi connectivity index (χ1) is 16.6. The van der Waals surface area contributed by atoms with E-state index in [0.717, 1.165) is 0 Å². The molecule has 0 fully saturated rings. The van der Waals surface area contributed by atoms with Gasteiger partial charge in [0, 0.05) is 18.9 Å². The van der Waals surface area contributed by atoms with Crippen LogP contribution < -0.4 is 0 Å². The Bertz CT molecular complexity index is 1140. The standard InChI is InChI=1S/C10HF21O6S3.Li/c11-2(12,5(17,18)19)8(26,27)38(32,33)1(39(34,35)9(28,29)3(13,14)6(20,21)22)40(36,37)10(30,31)4(15,16)7(23,24)25;/h1H;. The van der Waals surface area contributed by atoms with Gasteiger partial charge in [0.1, 0.15) is 0 Å². The molecule has 0 amide bonds. The van der Waals surface area contributed by atoms with Crippen LogP contribution in [0.15, 0.2) is 0 Å². The van der Waals surface area contributed by atoms with E-state index in [-0.39, 0.29) is 18.9 Å². The minimum atomic E-state index is -10.1. The van der Waals surface area contributed by atoms with Crippen molar-refractivity contribution in [3.63, 3.8) is 0 Å². The van der Waals surface area contributed by atoms with E-state index < -0.39 is 85.5 Å². The summed E-state index contributed by atoms with van der Waals surface area (Å²) in [6.45, 7) is 0. The average Bonchev–Trinajstić information content (AvgIpc) is 2.63. The molecular weight excluding hydrogens is 718 g/mol. The first-order valence-electron chi connectivity index (χ1n) is 7.79. The van der Waals surface area contributed by atoms with Crippen LogP contribution >= 0.6 is 0 Å². The van der Waals surface area contributed by atoms with Crippen LogP contribution in [0.25, 0.3) is 0 Å². The van der Waals surface area contributed by atoms with Crippen LogP contribution in [0.2, 0.25) is 0 Å². The van der Waals surface area contributed by atoms with Crippen LogP contribution in [0.3, 0.4) is 0 Å². The first-order valence-corrected chi connectivity index (χ1v) is 12.4. The van der Waals surface area contributed by atoms with Crippen molar-refractivity contribution in [3.05, 3.63) is 0 Å². The molecule has 31 heteroatoms. The van der Waals surface area contributed by atoms with Gasteiger partial charge < -0.3 is 0 Å². The molecule has 0 saturated carbocycles. The minimum absolute atomic E-state index is 0. The molecule has 0 unspecified atom stereocenters. The zero-order chi connectivity index (χ0) is 33.6. The Morgan fingerprint density at radius 2 is 0.439 bits per heavy atom. The van der Waals surface area contributed by atoms with Crippen LogP contribution in [-0.2, 0) is 29.5 Å². The van der Waals surface area contributed by atoms with Gasteiger partial charge >= 0.3 is 52.1 Å². The zero-order valence-corrected chi connectivity index (χ0v) is 20.1. The third-order valence-corrected chi connectivity index (χ3v) is 13.0. The third kappa shape index (κ3) is 5.55. The fourth-order valence-corrected chi connectivity index (χ4v) is 10.2. The quantitative estimate of drug-likeness (QED) is 0.257. The third-order valence-electron chi connectivity index (χ3n) is 4.00. The van der Waals surface area contributed by atoms with E-state index in [1.807, 2.05) is 0 Å². The van der Waals surface area contributed by atoms with Gasteiger partial charge in [0.15, 0.2) is 0 Å². The molecule has 0 bridgehead atoms. The topological polar surface area (TPSA) is 102 Å². The van der Waals surface area contributed by atoms with Gasteiger partial charge in [-0.1, -0.05) is 0 Å². The molecule has 6 nitrogen and oxygen atoms in total. The van der Waals surface area contributed by atoms with Gasteiger partial charge in [-0.05, 0) is 0 Å². The van der Waals surface area contributed by atoms with Gasteiger partial charge in [-0.3, -0.25) is 0 Å². The molecule has 0 rings (SSSR count). The van der Waals surface area contributed by atoms with Crippen molar-refractivity contribution in [2.24, 2.45) is 0 Å². The maximum Gasteiger partial charge on any atom is 0.461 e. The molecule has 0 aliphatic rings. The Kier molecular flexibility index (Phi) is 10.6. The molecule has 0 aliphatic carbocycles. The van der Waals surface area contributed by atoms with E-state index in [1.165, 1.54) is 0 Å². The molecule has 243 valence electrons. The van der Waals surface area contributed by atoms with Gasteiger partial charge in [0.05, 0.1) is 0 Å². The predicted molar refractivity (Wildman–Crippen MR) is 84.1 cm³/mol. The van der Waals surface area contributed by atoms with E-state index in [1.54, 1.807) is 0 Å². The molecule has 0 aromatic carbocycles. The summed E-state index contributed by atoms with van der Waals surface area (Å²) < 4.78 is 333. The molecule has 0 aromatic heterocycles. The molecular formula is C10HF21LiO6S3. The Morgan fingerprint density at radius 1 is 0.317 bits per heavy atom. The molecule has 1 radical (unpaired) electrons. The Labute approximate surface area is 222 Å². The summed E-state index contributed by atoms with van der Waals surface area (Å²) in [6, 6.07) is 0. The molecule has 0 aromatic rings. The summed E-state index contributed by atoms with van der Waals surface area (Å²) in [6.07, 6.45) is -24.6. The maximum atomic E-state index is 13.7. The van der Waals surface area contributed by atoms with Gasteiger partial charge in [0.2, 0.25) is 0 Å². The van der Waals surface area contributed by atoms with Gasteiger partial charge in [-0.25, -0.2) is 25.3 Å². The summed E-state index contributed by atoms with van der Waals surface area (Å²) in [4.78, 5) is 0. The number of rotatable bonds is 9. The number of sulfone groups is 3. The van der Waals surface area contributed by atoms with Crippen molar-refractivity contribution in [3.8, 4) is 0 Å². The molecule has 0 spiro atoms. The van der Waals surface area contributed by atoms with Crippen LogP contribution in [-0.4, -0.2) is 100 Å². The summed E-state index contributed by atoms with van der Waals surface area (Å²) in [7, 11) is -30.2. The van der Waals surface area contributed by atoms with Crippen LogP contribution in [0.4, 0.5) is 92.2 Å². The zero-order valence-electron chi connectivity index (χ0n) is 17.7. The van der Waals surface area contributed by atoms with Crippen molar-refractivity contribution >= 4 is 48.4 Å². The van der Waals surface area contributed by atoms with Gasteiger partial charge in [-0.2, -0.15) is 92.2 Å². The molecule has 0 heterocycles. The monoisotopic (exact) mass is 719 g/mol. The number of alkyl halides is 21. The molecule has 0 atom stereocenters. The van der Waals surface area contributed by atoms with Crippen molar-refractivity contribution in [1.82, 2.24) is 0 Å². The largest absolute Gasteiger partial charge is 0.461 e. The van der Waals surface area contributed by atoms with Crippen molar-refractivity contribution < 1.29 is 117 Å². The van der Waals surface area contributed by atoms with Crippen LogP contribution in [0.5, 0.6) is 0 Å². The SMILES string of the molecule is O=S(=O)(C(S(=O)(=O)C(F)(F)C(F)(F)C(F)(F)F)S(=O)(=O)C(F)(F)C(F)(F)C(F)(F)F)C(F)(F)C(F)(F)C(F)(F)F.[Li]. The predicted octanol–water partition coefficient (Wildman–Crippen LogP) is 4.50. The summed E-state index contributed by atoms with van der Waals surface area (Å²) in [5, 5.41) is -26.7. The fourth-order valence-electron chi connectivity index (χ4n) is 1.89. The van der Waals surface area contributed by atoms with Crippen molar-refractivity contribution in [1.29, 1.82) is 0 Å². The Balaban J connectivity index is 0. The molecule has 0 N–H and O–H groups in total. The van der Waals surface area contributed by atoms with Crippen LogP contribution in [0.1, 0.15) is 0 Å². The fraction of sp³-hybridized carbons (Fsp3) is 1.00. The van der Waals surface area contributed by atoms with E-state index in [4.69, 9.17) is 0 Å². The summed E-state index contributed by atoms with van der Waals surface area (Å²) >= 11 is 0. The van der Waals surface area contributed by atoms with E-state index in [0.29, 0.717) is 0 Å². The van der Waals surface area contributed by atoms with Crippen molar-refractivity contribution in [2.75, 3.05) is 0 Å². The molecule has 41 heavy (non-hydrogen) atoms. The Hall–Kier alpha value is -1.02. The molecule has 0 aliphatic heterocycles. The number of hydrogen-bond acceptors (Lipinski definition) is 6. The summed E-state index contributed by atoms with van der Waals surface area (Å²) in [5.41, 5.74) is 0. The average molecular weight is 719 g/mol.